The Kier molecular flexibility index (Phi) is 6.68. The molecule has 0 atom stereocenters. The number of carbonyl (C=O) groups is 1. The third-order valence-electron chi connectivity index (χ3n) is 3.56. The van der Waals surface area contributed by atoms with Gasteiger partial charge in [-0.15, -0.1) is 6.58 Å². The van der Waals surface area contributed by atoms with Crippen molar-refractivity contribution in [2.75, 3.05) is 7.11 Å². The molecule has 2 aromatic rings. The number of ether oxygens (including phenoxy) is 2. The maximum absolute atomic E-state index is 13.7. The summed E-state index contributed by atoms with van der Waals surface area (Å²) in [5.41, 5.74) is 0.0588. The van der Waals surface area contributed by atoms with E-state index in [9.17, 15) is 18.4 Å². The van der Waals surface area contributed by atoms with E-state index in [1.165, 1.54) is 29.9 Å². The molecule has 5 nitrogen and oxygen atoms in total. The molecule has 0 spiro atoms. The largest absolute Gasteiger partial charge is 0.487 e. The maximum atomic E-state index is 13.7. The van der Waals surface area contributed by atoms with Crippen molar-refractivity contribution in [3.8, 4) is 5.75 Å². The van der Waals surface area contributed by atoms with Crippen molar-refractivity contribution in [1.29, 1.82) is 0 Å². The number of carbonyl (C=O) groups excluding carboxylic acids is 1. The predicted octanol–water partition coefficient (Wildman–Crippen LogP) is 3.37. The molecule has 0 amide bonds. The summed E-state index contributed by atoms with van der Waals surface area (Å²) < 4.78 is 38.3. The smallest absolute Gasteiger partial charge is 0.311 e. The molecule has 0 saturated heterocycles. The van der Waals surface area contributed by atoms with E-state index in [2.05, 4.69) is 27.2 Å². The third-order valence-corrected chi connectivity index (χ3v) is 4.29. The molecule has 0 aliphatic heterocycles. The standard InChI is InChI=1S/C18H16BrF2NO4/c1-3-6-22-13(9-16(23)25-2)8-15(17(19)18(22)24)26-10-11-4-5-12(20)7-14(11)21/h3-5,7-8H,1,6,9-10H2,2H3. The van der Waals surface area contributed by atoms with Crippen LogP contribution < -0.4 is 10.3 Å². The van der Waals surface area contributed by atoms with E-state index >= 15 is 0 Å². The summed E-state index contributed by atoms with van der Waals surface area (Å²) in [5.74, 6) is -1.84. The van der Waals surface area contributed by atoms with E-state index in [1.54, 1.807) is 0 Å². The summed E-state index contributed by atoms with van der Waals surface area (Å²) in [6, 6.07) is 4.61. The van der Waals surface area contributed by atoms with Crippen molar-refractivity contribution < 1.29 is 23.0 Å². The van der Waals surface area contributed by atoms with E-state index in [4.69, 9.17) is 4.74 Å². The number of nitrogens with zero attached hydrogens (tertiary/aromatic N) is 1. The second-order valence-electron chi connectivity index (χ2n) is 5.30. The van der Waals surface area contributed by atoms with Crippen LogP contribution in [0.1, 0.15) is 11.3 Å². The first-order valence-corrected chi connectivity index (χ1v) is 8.33. The Balaban J connectivity index is 2.36. The van der Waals surface area contributed by atoms with Crippen LogP contribution in [0.5, 0.6) is 5.75 Å². The van der Waals surface area contributed by atoms with Gasteiger partial charge in [-0.25, -0.2) is 8.78 Å². The molecule has 1 heterocycles. The molecule has 2 rings (SSSR count). The molecule has 1 aromatic carbocycles. The molecule has 8 heteroatoms. The van der Waals surface area contributed by atoms with Crippen molar-refractivity contribution in [2.24, 2.45) is 0 Å². The van der Waals surface area contributed by atoms with Crippen molar-refractivity contribution >= 4 is 21.9 Å². The van der Waals surface area contributed by atoms with Gasteiger partial charge in [0.15, 0.2) is 0 Å². The summed E-state index contributed by atoms with van der Waals surface area (Å²) in [6.45, 7) is 3.56. The van der Waals surface area contributed by atoms with Gasteiger partial charge in [-0.05, 0) is 28.1 Å². The number of hydrogen-bond donors (Lipinski definition) is 0. The molecule has 0 N–H and O–H groups in total. The summed E-state index contributed by atoms with van der Waals surface area (Å²) in [5, 5.41) is 0. The highest BCUT2D eigenvalue weighted by molar-refractivity contribution is 9.10. The number of esters is 1. The maximum Gasteiger partial charge on any atom is 0.311 e. The Labute approximate surface area is 157 Å². The summed E-state index contributed by atoms with van der Waals surface area (Å²) >= 11 is 3.16. The Hall–Kier alpha value is -2.48. The van der Waals surface area contributed by atoms with E-state index in [0.29, 0.717) is 5.69 Å². The van der Waals surface area contributed by atoms with Crippen LogP contribution in [0.3, 0.4) is 0 Å². The quantitative estimate of drug-likeness (QED) is 0.502. The Morgan fingerprint density at radius 3 is 2.69 bits per heavy atom. The van der Waals surface area contributed by atoms with Crippen molar-refractivity contribution in [3.05, 3.63) is 74.6 Å². The first-order valence-electron chi connectivity index (χ1n) is 7.54. The van der Waals surface area contributed by atoms with Crippen molar-refractivity contribution in [1.82, 2.24) is 4.57 Å². The van der Waals surface area contributed by atoms with E-state index in [-0.39, 0.29) is 35.4 Å². The van der Waals surface area contributed by atoms with Gasteiger partial charge in [0.1, 0.15) is 28.5 Å². The highest BCUT2D eigenvalue weighted by atomic mass is 79.9. The van der Waals surface area contributed by atoms with Gasteiger partial charge in [0, 0.05) is 29.9 Å². The van der Waals surface area contributed by atoms with Crippen molar-refractivity contribution in [2.45, 2.75) is 19.6 Å². The minimum Gasteiger partial charge on any atom is -0.487 e. The zero-order chi connectivity index (χ0) is 19.3. The molecule has 0 radical (unpaired) electrons. The molecule has 26 heavy (non-hydrogen) atoms. The molecule has 0 fully saturated rings. The minimum absolute atomic E-state index is 0.121. The first kappa shape index (κ1) is 19.8. The summed E-state index contributed by atoms with van der Waals surface area (Å²) in [7, 11) is 1.24. The monoisotopic (exact) mass is 427 g/mol. The van der Waals surface area contributed by atoms with E-state index < -0.39 is 23.2 Å². The minimum atomic E-state index is -0.754. The molecule has 0 aliphatic rings. The van der Waals surface area contributed by atoms with Crippen LogP contribution in [0, 0.1) is 11.6 Å². The molecule has 0 saturated carbocycles. The van der Waals surface area contributed by atoms with Crippen LogP contribution in [0.4, 0.5) is 8.78 Å². The van der Waals surface area contributed by atoms with Gasteiger partial charge in [-0.3, -0.25) is 9.59 Å². The van der Waals surface area contributed by atoms with E-state index in [1.807, 2.05) is 0 Å². The average Bonchev–Trinajstić information content (AvgIpc) is 2.61. The lowest BCUT2D eigenvalue weighted by atomic mass is 10.2. The van der Waals surface area contributed by atoms with Gasteiger partial charge in [0.2, 0.25) is 0 Å². The van der Waals surface area contributed by atoms with Crippen LogP contribution in [0.25, 0.3) is 0 Å². The topological polar surface area (TPSA) is 57.5 Å². The van der Waals surface area contributed by atoms with Crippen LogP contribution >= 0.6 is 15.9 Å². The fourth-order valence-corrected chi connectivity index (χ4v) is 2.68. The predicted molar refractivity (Wildman–Crippen MR) is 95.0 cm³/mol. The second kappa shape index (κ2) is 8.75. The van der Waals surface area contributed by atoms with Crippen LogP contribution in [0.15, 0.2) is 46.2 Å². The molecule has 0 aliphatic carbocycles. The number of pyridine rings is 1. The molecule has 1 aromatic heterocycles. The lowest BCUT2D eigenvalue weighted by molar-refractivity contribution is -0.139. The summed E-state index contributed by atoms with van der Waals surface area (Å²) in [4.78, 5) is 24.1. The number of benzene rings is 1. The molecule has 0 bridgehead atoms. The second-order valence-corrected chi connectivity index (χ2v) is 6.09. The fourth-order valence-electron chi connectivity index (χ4n) is 2.24. The molecule has 0 unspecified atom stereocenters. The zero-order valence-corrected chi connectivity index (χ0v) is 15.5. The van der Waals surface area contributed by atoms with Crippen molar-refractivity contribution in [3.63, 3.8) is 0 Å². The Morgan fingerprint density at radius 1 is 1.35 bits per heavy atom. The normalized spacial score (nSPS) is 10.5. The zero-order valence-electron chi connectivity index (χ0n) is 13.9. The average molecular weight is 428 g/mol. The van der Waals surface area contributed by atoms with Gasteiger partial charge < -0.3 is 14.0 Å². The van der Waals surface area contributed by atoms with Crippen LogP contribution in [-0.4, -0.2) is 17.6 Å². The number of allylic oxidation sites excluding steroid dienone is 1. The van der Waals surface area contributed by atoms with Gasteiger partial charge >= 0.3 is 5.97 Å². The highest BCUT2D eigenvalue weighted by Crippen LogP contribution is 2.24. The Bertz CT molecular complexity index is 895. The first-order chi connectivity index (χ1) is 12.4. The summed E-state index contributed by atoms with van der Waals surface area (Å²) in [6.07, 6.45) is 1.37. The lowest BCUT2D eigenvalue weighted by Gasteiger charge is -2.15. The number of aromatic nitrogens is 1. The van der Waals surface area contributed by atoms with Gasteiger partial charge in [0.05, 0.1) is 13.5 Å². The third kappa shape index (κ3) is 4.57. The molecular formula is C18H16BrF2NO4. The SMILES string of the molecule is C=CCn1c(CC(=O)OC)cc(OCc2ccc(F)cc2F)c(Br)c1=O. The number of hydrogen-bond acceptors (Lipinski definition) is 4. The van der Waals surface area contributed by atoms with E-state index in [0.717, 1.165) is 12.1 Å². The lowest BCUT2D eigenvalue weighted by Crippen LogP contribution is -2.26. The van der Waals surface area contributed by atoms with Crippen LogP contribution in [-0.2, 0) is 29.1 Å². The fraction of sp³-hybridized carbons (Fsp3) is 0.222. The van der Waals surface area contributed by atoms with Gasteiger partial charge in [-0.2, -0.15) is 0 Å². The number of halogens is 3. The number of methoxy groups -OCH3 is 1. The van der Waals surface area contributed by atoms with Gasteiger partial charge in [-0.1, -0.05) is 6.08 Å². The van der Waals surface area contributed by atoms with Gasteiger partial charge in [0.25, 0.3) is 5.56 Å². The van der Waals surface area contributed by atoms with Crippen LogP contribution in [0.2, 0.25) is 0 Å². The molecule has 138 valence electrons. The molecular weight excluding hydrogens is 412 g/mol. The number of rotatable bonds is 7. The highest BCUT2D eigenvalue weighted by Gasteiger charge is 2.17. The Morgan fingerprint density at radius 2 is 2.08 bits per heavy atom.